The first-order valence-electron chi connectivity index (χ1n) is 7.76. The first kappa shape index (κ1) is 16.7. The molecule has 1 aliphatic heterocycles. The van der Waals surface area contributed by atoms with Gasteiger partial charge in [-0.3, -0.25) is 0 Å². The van der Waals surface area contributed by atoms with Crippen molar-refractivity contribution in [3.05, 3.63) is 30.3 Å². The largest absolute Gasteiger partial charge is 0.393 e. The number of aliphatic hydroxyl groups excluding tert-OH is 2. The first-order chi connectivity index (χ1) is 9.74. The van der Waals surface area contributed by atoms with Crippen LogP contribution in [0.3, 0.4) is 0 Å². The van der Waals surface area contributed by atoms with E-state index in [2.05, 4.69) is 51.2 Å². The Morgan fingerprint density at radius 3 is 2.24 bits per heavy atom. The molecule has 118 valence electrons. The summed E-state index contributed by atoms with van der Waals surface area (Å²) in [6, 6.07) is 10.5. The van der Waals surface area contributed by atoms with Crippen LogP contribution in [0.15, 0.2) is 30.3 Å². The smallest absolute Gasteiger partial charge is 0.115 e. The summed E-state index contributed by atoms with van der Waals surface area (Å²) in [5, 5.41) is 21.7. The monoisotopic (exact) mass is 308 g/mol. The average molecular weight is 308 g/mol. The lowest BCUT2D eigenvalue weighted by Gasteiger charge is -2.46. The van der Waals surface area contributed by atoms with Gasteiger partial charge in [-0.2, -0.15) is 0 Å². The Morgan fingerprint density at radius 1 is 1.19 bits per heavy atom. The van der Waals surface area contributed by atoms with Gasteiger partial charge in [-0.1, -0.05) is 62.5 Å². The fourth-order valence-electron chi connectivity index (χ4n) is 3.86. The number of ether oxygens (including phenoxy) is 1. The minimum atomic E-state index is -2.01. The number of aliphatic hydroxyl groups is 2. The standard InChI is InChI=1S/C17H28O3Si/c1-6-14-17(3,15(19)16(2,12-18)20-14)21(4,5)13-10-8-7-9-11-13/h7-11,14-15,18-19H,6,12H2,1-5H3/t14-,15-,16-,17-/m1/s1. The molecule has 0 saturated carbocycles. The average Bonchev–Trinajstić information content (AvgIpc) is 2.71. The third-order valence-corrected chi connectivity index (χ3v) is 10.8. The lowest BCUT2D eigenvalue weighted by molar-refractivity contribution is -0.0986. The summed E-state index contributed by atoms with van der Waals surface area (Å²) in [6.07, 6.45) is 0.139. The van der Waals surface area contributed by atoms with Crippen molar-refractivity contribution >= 4 is 13.3 Å². The van der Waals surface area contributed by atoms with Crippen LogP contribution in [0.2, 0.25) is 18.1 Å². The molecular weight excluding hydrogens is 280 g/mol. The molecule has 1 aromatic rings. The van der Waals surface area contributed by atoms with Crippen molar-refractivity contribution in [3.8, 4) is 0 Å². The molecule has 0 spiro atoms. The van der Waals surface area contributed by atoms with Gasteiger partial charge in [-0.25, -0.2) is 0 Å². The molecule has 0 aliphatic carbocycles. The normalized spacial score (nSPS) is 36.9. The van der Waals surface area contributed by atoms with Gasteiger partial charge >= 0.3 is 0 Å². The van der Waals surface area contributed by atoms with Crippen LogP contribution in [0.1, 0.15) is 27.2 Å². The van der Waals surface area contributed by atoms with Crippen LogP contribution in [0.4, 0.5) is 0 Å². The van der Waals surface area contributed by atoms with E-state index >= 15 is 0 Å². The van der Waals surface area contributed by atoms with E-state index < -0.39 is 19.8 Å². The van der Waals surface area contributed by atoms with E-state index in [0.29, 0.717) is 0 Å². The van der Waals surface area contributed by atoms with E-state index in [9.17, 15) is 10.2 Å². The van der Waals surface area contributed by atoms with Crippen LogP contribution in [0.25, 0.3) is 0 Å². The Kier molecular flexibility index (Phi) is 4.37. The zero-order valence-electron chi connectivity index (χ0n) is 13.8. The molecule has 1 fully saturated rings. The molecule has 1 saturated heterocycles. The second-order valence-electron chi connectivity index (χ2n) is 7.16. The van der Waals surface area contributed by atoms with E-state index in [1.807, 2.05) is 13.0 Å². The summed E-state index contributed by atoms with van der Waals surface area (Å²) in [7, 11) is -2.01. The van der Waals surface area contributed by atoms with Gasteiger partial charge in [0.25, 0.3) is 0 Å². The highest BCUT2D eigenvalue weighted by molar-refractivity contribution is 6.92. The number of rotatable bonds is 4. The molecule has 4 heteroatoms. The molecular formula is C17H28O3Si. The molecule has 2 rings (SSSR count). The van der Waals surface area contributed by atoms with E-state index in [-0.39, 0.29) is 17.7 Å². The molecule has 0 aromatic heterocycles. The van der Waals surface area contributed by atoms with Crippen molar-refractivity contribution in [2.45, 2.75) is 63.1 Å². The minimum absolute atomic E-state index is 0.0356. The van der Waals surface area contributed by atoms with Gasteiger partial charge in [0.1, 0.15) is 5.60 Å². The van der Waals surface area contributed by atoms with Crippen LogP contribution < -0.4 is 5.19 Å². The van der Waals surface area contributed by atoms with Crippen LogP contribution in [0, 0.1) is 0 Å². The van der Waals surface area contributed by atoms with Crippen molar-refractivity contribution in [1.29, 1.82) is 0 Å². The Hall–Kier alpha value is -0.683. The molecule has 4 atom stereocenters. The van der Waals surface area contributed by atoms with Crippen LogP contribution in [-0.2, 0) is 4.74 Å². The summed E-state index contributed by atoms with van der Waals surface area (Å²) in [5.41, 5.74) is -0.867. The molecule has 21 heavy (non-hydrogen) atoms. The summed E-state index contributed by atoms with van der Waals surface area (Å²) in [5.74, 6) is 0. The molecule has 1 aliphatic rings. The zero-order valence-corrected chi connectivity index (χ0v) is 14.8. The highest BCUT2D eigenvalue weighted by Crippen LogP contribution is 2.56. The minimum Gasteiger partial charge on any atom is -0.393 e. The maximum Gasteiger partial charge on any atom is 0.115 e. The molecule has 0 unspecified atom stereocenters. The van der Waals surface area contributed by atoms with Crippen molar-refractivity contribution in [1.82, 2.24) is 0 Å². The van der Waals surface area contributed by atoms with E-state index in [1.165, 1.54) is 5.19 Å². The second kappa shape index (κ2) is 5.50. The van der Waals surface area contributed by atoms with Gasteiger partial charge in [0, 0.05) is 5.04 Å². The summed E-state index contributed by atoms with van der Waals surface area (Å²) >= 11 is 0. The Bertz CT molecular complexity index is 490. The van der Waals surface area contributed by atoms with Crippen molar-refractivity contribution in [2.24, 2.45) is 0 Å². The molecule has 1 heterocycles. The maximum absolute atomic E-state index is 11.0. The van der Waals surface area contributed by atoms with Crippen molar-refractivity contribution in [3.63, 3.8) is 0 Å². The molecule has 3 nitrogen and oxygen atoms in total. The number of hydrogen-bond acceptors (Lipinski definition) is 3. The topological polar surface area (TPSA) is 49.7 Å². The molecule has 0 bridgehead atoms. The van der Waals surface area contributed by atoms with Gasteiger partial charge in [0.2, 0.25) is 0 Å². The summed E-state index contributed by atoms with van der Waals surface area (Å²) in [6.45, 7) is 10.5. The molecule has 2 N–H and O–H groups in total. The first-order valence-corrected chi connectivity index (χ1v) is 10.8. The van der Waals surface area contributed by atoms with Crippen molar-refractivity contribution < 1.29 is 14.9 Å². The maximum atomic E-state index is 11.0. The number of benzene rings is 1. The number of hydrogen-bond donors (Lipinski definition) is 2. The Morgan fingerprint density at radius 2 is 1.76 bits per heavy atom. The lowest BCUT2D eigenvalue weighted by Crippen LogP contribution is -2.60. The van der Waals surface area contributed by atoms with Gasteiger partial charge in [-0.15, -0.1) is 0 Å². The third kappa shape index (κ3) is 2.29. The summed E-state index contributed by atoms with van der Waals surface area (Å²) in [4.78, 5) is 0. The molecule has 0 amide bonds. The quantitative estimate of drug-likeness (QED) is 0.839. The van der Waals surface area contributed by atoms with Gasteiger partial charge in [-0.05, 0) is 13.3 Å². The second-order valence-corrected chi connectivity index (χ2v) is 12.1. The van der Waals surface area contributed by atoms with Gasteiger partial charge in [0.15, 0.2) is 0 Å². The van der Waals surface area contributed by atoms with E-state index in [0.717, 1.165) is 6.42 Å². The highest BCUT2D eigenvalue weighted by atomic mass is 28.3. The van der Waals surface area contributed by atoms with E-state index in [4.69, 9.17) is 4.74 Å². The Labute approximate surface area is 129 Å². The summed E-state index contributed by atoms with van der Waals surface area (Å²) < 4.78 is 6.12. The van der Waals surface area contributed by atoms with Crippen LogP contribution >= 0.6 is 0 Å². The molecule has 1 aromatic carbocycles. The van der Waals surface area contributed by atoms with Crippen LogP contribution in [-0.4, -0.2) is 42.7 Å². The lowest BCUT2D eigenvalue weighted by atomic mass is 9.89. The Balaban J connectivity index is 2.53. The fourth-order valence-corrected chi connectivity index (χ4v) is 7.57. The van der Waals surface area contributed by atoms with Crippen molar-refractivity contribution in [2.75, 3.05) is 6.61 Å². The zero-order chi connectivity index (χ0) is 15.9. The van der Waals surface area contributed by atoms with E-state index in [1.54, 1.807) is 0 Å². The van der Waals surface area contributed by atoms with Gasteiger partial charge < -0.3 is 14.9 Å². The predicted octanol–water partition coefficient (Wildman–Crippen LogP) is 2.28. The highest BCUT2D eigenvalue weighted by Gasteiger charge is 2.64. The third-order valence-electron chi connectivity index (χ3n) is 5.75. The predicted molar refractivity (Wildman–Crippen MR) is 88.6 cm³/mol. The fraction of sp³-hybridized carbons (Fsp3) is 0.647. The van der Waals surface area contributed by atoms with Crippen LogP contribution in [0.5, 0.6) is 0 Å². The van der Waals surface area contributed by atoms with Gasteiger partial charge in [0.05, 0.1) is 26.9 Å². The SMILES string of the molecule is CC[C@H]1O[C@](C)(CO)[C@@H](O)[C@]1(C)[Si](C)(C)c1ccccc1. The molecule has 0 radical (unpaired) electrons.